The molecule has 9 heteroatoms. The van der Waals surface area contributed by atoms with Crippen LogP contribution in [0.3, 0.4) is 0 Å². The number of hydrogen-bond donors (Lipinski definition) is 3. The van der Waals surface area contributed by atoms with Gasteiger partial charge >= 0.3 is 0 Å². The molecular weight excluding hydrogens is 318 g/mol. The first kappa shape index (κ1) is 15.4. The average molecular weight is 334 g/mol. The number of amides is 1. The Morgan fingerprint density at radius 3 is 3.13 bits per heavy atom. The Labute approximate surface area is 138 Å². The van der Waals surface area contributed by atoms with Crippen LogP contribution >= 0.6 is 12.4 Å². The zero-order chi connectivity index (χ0) is 15.1. The van der Waals surface area contributed by atoms with E-state index in [1.807, 2.05) is 25.3 Å². The zero-order valence-corrected chi connectivity index (χ0v) is 13.3. The highest BCUT2D eigenvalue weighted by atomic mass is 35.5. The first-order valence-corrected chi connectivity index (χ1v) is 7.12. The lowest BCUT2D eigenvalue weighted by atomic mass is 10.1. The minimum absolute atomic E-state index is 0. The van der Waals surface area contributed by atoms with Gasteiger partial charge in [-0.3, -0.25) is 19.6 Å². The van der Waals surface area contributed by atoms with Crippen LogP contribution in [0.4, 0.5) is 5.95 Å². The molecule has 3 aromatic heterocycles. The van der Waals surface area contributed by atoms with Crippen molar-refractivity contribution in [3.05, 3.63) is 40.8 Å². The number of pyridine rings is 1. The number of nitrogens with one attached hydrogen (secondary N) is 3. The summed E-state index contributed by atoms with van der Waals surface area (Å²) in [6.07, 6.45) is 2.69. The Balaban J connectivity index is 0.00000156. The standard InChI is InChI=1S/C14H15N7O.ClH/c1-8-3-5-21-11(6-8)18-20-14(21)16-13(22)12-9-7-15-4-2-10(9)17-19-12;/h3,5-6,15H,2,4,7H2,1H3,(H,17,19)(H,16,20,22);1H. The van der Waals surface area contributed by atoms with E-state index in [-0.39, 0.29) is 18.3 Å². The third-order valence-corrected chi connectivity index (χ3v) is 3.81. The summed E-state index contributed by atoms with van der Waals surface area (Å²) in [7, 11) is 0. The molecule has 0 bridgehead atoms. The molecule has 120 valence electrons. The molecule has 1 amide bonds. The molecule has 23 heavy (non-hydrogen) atoms. The summed E-state index contributed by atoms with van der Waals surface area (Å²) >= 11 is 0. The van der Waals surface area contributed by atoms with Gasteiger partial charge in [0.1, 0.15) is 0 Å². The molecule has 1 aliphatic heterocycles. The number of aromatic amines is 1. The third kappa shape index (κ3) is 2.66. The van der Waals surface area contributed by atoms with Gasteiger partial charge in [0.05, 0.1) is 0 Å². The van der Waals surface area contributed by atoms with Crippen molar-refractivity contribution in [3.63, 3.8) is 0 Å². The highest BCUT2D eigenvalue weighted by molar-refractivity contribution is 6.03. The minimum Gasteiger partial charge on any atom is -0.312 e. The molecule has 4 rings (SSSR count). The van der Waals surface area contributed by atoms with Gasteiger partial charge in [-0.2, -0.15) is 5.10 Å². The average Bonchev–Trinajstić information content (AvgIpc) is 3.11. The van der Waals surface area contributed by atoms with Crippen LogP contribution in [-0.4, -0.2) is 37.2 Å². The maximum atomic E-state index is 12.5. The molecule has 0 fully saturated rings. The van der Waals surface area contributed by atoms with E-state index in [9.17, 15) is 4.79 Å². The molecule has 0 aromatic carbocycles. The number of anilines is 1. The molecule has 3 aromatic rings. The van der Waals surface area contributed by atoms with Crippen molar-refractivity contribution in [2.45, 2.75) is 19.9 Å². The third-order valence-electron chi connectivity index (χ3n) is 3.81. The molecule has 0 atom stereocenters. The monoisotopic (exact) mass is 333 g/mol. The van der Waals surface area contributed by atoms with Crippen molar-refractivity contribution in [1.29, 1.82) is 0 Å². The van der Waals surface area contributed by atoms with Gasteiger partial charge in [-0.25, -0.2) is 0 Å². The minimum atomic E-state index is -0.281. The Kier molecular flexibility index (Phi) is 4.01. The summed E-state index contributed by atoms with van der Waals surface area (Å²) in [5.41, 5.74) is 4.14. The summed E-state index contributed by atoms with van der Waals surface area (Å²) in [5, 5.41) is 21.2. The van der Waals surface area contributed by atoms with Crippen LogP contribution in [0.15, 0.2) is 18.3 Å². The molecule has 3 N–H and O–H groups in total. The molecule has 0 saturated carbocycles. The van der Waals surface area contributed by atoms with Crippen molar-refractivity contribution in [3.8, 4) is 0 Å². The lowest BCUT2D eigenvalue weighted by Gasteiger charge is -2.12. The molecule has 0 radical (unpaired) electrons. The number of carbonyl (C=O) groups is 1. The fourth-order valence-corrected chi connectivity index (χ4v) is 2.65. The molecule has 0 aliphatic carbocycles. The van der Waals surface area contributed by atoms with E-state index in [0.717, 1.165) is 29.8 Å². The van der Waals surface area contributed by atoms with Crippen LogP contribution in [0.2, 0.25) is 0 Å². The van der Waals surface area contributed by atoms with Crippen LogP contribution in [0.25, 0.3) is 5.65 Å². The van der Waals surface area contributed by atoms with Crippen molar-refractivity contribution < 1.29 is 4.79 Å². The van der Waals surface area contributed by atoms with Gasteiger partial charge in [0.15, 0.2) is 11.3 Å². The smallest absolute Gasteiger partial charge is 0.278 e. The van der Waals surface area contributed by atoms with Gasteiger partial charge in [-0.05, 0) is 24.6 Å². The molecular formula is C14H16ClN7O. The summed E-state index contributed by atoms with van der Waals surface area (Å²) in [6.45, 7) is 3.52. The van der Waals surface area contributed by atoms with Gasteiger partial charge in [-0.15, -0.1) is 22.6 Å². The number of rotatable bonds is 2. The fourth-order valence-electron chi connectivity index (χ4n) is 2.65. The predicted molar refractivity (Wildman–Crippen MR) is 86.9 cm³/mol. The van der Waals surface area contributed by atoms with Crippen molar-refractivity contribution >= 4 is 29.9 Å². The van der Waals surface area contributed by atoms with Crippen LogP contribution in [0.5, 0.6) is 0 Å². The topological polar surface area (TPSA) is 100 Å². The van der Waals surface area contributed by atoms with E-state index in [1.54, 1.807) is 4.40 Å². The normalized spacial score (nSPS) is 13.4. The molecule has 8 nitrogen and oxygen atoms in total. The number of halogens is 1. The van der Waals surface area contributed by atoms with Gasteiger partial charge in [0.2, 0.25) is 5.95 Å². The second kappa shape index (κ2) is 5.98. The number of hydrogen-bond acceptors (Lipinski definition) is 5. The molecule has 4 heterocycles. The number of H-pyrrole nitrogens is 1. The van der Waals surface area contributed by atoms with Crippen LogP contribution < -0.4 is 10.6 Å². The van der Waals surface area contributed by atoms with Crippen LogP contribution in [0, 0.1) is 6.92 Å². The van der Waals surface area contributed by atoms with E-state index in [1.165, 1.54) is 0 Å². The molecule has 0 spiro atoms. The Hall–Kier alpha value is -2.45. The van der Waals surface area contributed by atoms with E-state index in [0.29, 0.717) is 23.8 Å². The first-order chi connectivity index (χ1) is 10.7. The van der Waals surface area contributed by atoms with E-state index < -0.39 is 0 Å². The van der Waals surface area contributed by atoms with E-state index in [4.69, 9.17) is 0 Å². The van der Waals surface area contributed by atoms with Crippen molar-refractivity contribution in [1.82, 2.24) is 30.1 Å². The number of carbonyl (C=O) groups excluding carboxylic acids is 1. The summed E-state index contributed by atoms with van der Waals surface area (Å²) in [6, 6.07) is 3.84. The molecule has 0 saturated heterocycles. The first-order valence-electron chi connectivity index (χ1n) is 7.12. The second-order valence-electron chi connectivity index (χ2n) is 5.37. The molecule has 1 aliphatic rings. The van der Waals surface area contributed by atoms with E-state index >= 15 is 0 Å². The van der Waals surface area contributed by atoms with E-state index in [2.05, 4.69) is 31.0 Å². The predicted octanol–water partition coefficient (Wildman–Crippen LogP) is 1.08. The zero-order valence-electron chi connectivity index (χ0n) is 12.5. The number of aromatic nitrogens is 5. The summed E-state index contributed by atoms with van der Waals surface area (Å²) in [4.78, 5) is 12.5. The maximum Gasteiger partial charge on any atom is 0.278 e. The van der Waals surface area contributed by atoms with Crippen LogP contribution in [-0.2, 0) is 13.0 Å². The Morgan fingerprint density at radius 1 is 1.39 bits per heavy atom. The number of nitrogens with zero attached hydrogens (tertiary/aromatic N) is 4. The molecule has 0 unspecified atom stereocenters. The van der Waals surface area contributed by atoms with Crippen LogP contribution in [0.1, 0.15) is 27.3 Å². The fraction of sp³-hybridized carbons (Fsp3) is 0.286. The van der Waals surface area contributed by atoms with Gasteiger partial charge < -0.3 is 5.32 Å². The number of aryl methyl sites for hydroxylation is 1. The Bertz CT molecular complexity index is 869. The lowest BCUT2D eigenvalue weighted by molar-refractivity contribution is 0.102. The number of fused-ring (bicyclic) bond motifs is 2. The summed E-state index contributed by atoms with van der Waals surface area (Å²) in [5.74, 6) is 0.108. The lowest BCUT2D eigenvalue weighted by Crippen LogP contribution is -2.25. The van der Waals surface area contributed by atoms with Crippen molar-refractivity contribution in [2.75, 3.05) is 11.9 Å². The van der Waals surface area contributed by atoms with Gasteiger partial charge in [0, 0.05) is 37.0 Å². The maximum absolute atomic E-state index is 12.5. The Morgan fingerprint density at radius 2 is 2.26 bits per heavy atom. The SMILES string of the molecule is Cc1ccn2c(NC(=O)c3n[nH]c4c3CNCC4)nnc2c1.Cl. The van der Waals surface area contributed by atoms with Crippen molar-refractivity contribution in [2.24, 2.45) is 0 Å². The highest BCUT2D eigenvalue weighted by Gasteiger charge is 2.22. The quantitative estimate of drug-likeness (QED) is 0.651. The largest absolute Gasteiger partial charge is 0.312 e. The van der Waals surface area contributed by atoms with Gasteiger partial charge in [0.25, 0.3) is 5.91 Å². The highest BCUT2D eigenvalue weighted by Crippen LogP contribution is 2.17. The van der Waals surface area contributed by atoms with Gasteiger partial charge in [-0.1, -0.05) is 0 Å². The second-order valence-corrected chi connectivity index (χ2v) is 5.37. The summed E-state index contributed by atoms with van der Waals surface area (Å²) < 4.78 is 1.74.